The quantitative estimate of drug-likeness (QED) is 0.443. The van der Waals surface area contributed by atoms with Crippen molar-refractivity contribution in [2.24, 2.45) is 28.8 Å². The van der Waals surface area contributed by atoms with Gasteiger partial charge in [-0.15, -0.1) is 0 Å². The van der Waals surface area contributed by atoms with Crippen LogP contribution in [0.4, 0.5) is 0 Å². The fourth-order valence-corrected chi connectivity index (χ4v) is 4.72. The van der Waals surface area contributed by atoms with E-state index >= 15 is 0 Å². The Hall–Kier alpha value is -2.47. The molecule has 1 saturated carbocycles. The van der Waals surface area contributed by atoms with Gasteiger partial charge in [0.05, 0.1) is 23.7 Å². The SMILES string of the molecule is O=C1C2C3C=CC(C3)C2C(=O)N1N=Cc1cccn1-c1ccc(Br)cc1. The topological polar surface area (TPSA) is 54.7 Å². The highest BCUT2D eigenvalue weighted by atomic mass is 79.9. The largest absolute Gasteiger partial charge is 0.316 e. The smallest absolute Gasteiger partial charge is 0.254 e. The van der Waals surface area contributed by atoms with Crippen molar-refractivity contribution in [1.82, 2.24) is 9.58 Å². The van der Waals surface area contributed by atoms with E-state index in [0.717, 1.165) is 27.3 Å². The normalized spacial score (nSPS) is 29.3. The first-order chi connectivity index (χ1) is 12.6. The van der Waals surface area contributed by atoms with Crippen LogP contribution < -0.4 is 0 Å². The Morgan fingerprint density at radius 1 is 1.00 bits per heavy atom. The Kier molecular flexibility index (Phi) is 3.50. The summed E-state index contributed by atoms with van der Waals surface area (Å²) in [5.41, 5.74) is 1.80. The zero-order valence-corrected chi connectivity index (χ0v) is 15.4. The van der Waals surface area contributed by atoms with Crippen LogP contribution in [0.2, 0.25) is 0 Å². The Morgan fingerprint density at radius 3 is 2.31 bits per heavy atom. The molecule has 26 heavy (non-hydrogen) atoms. The lowest BCUT2D eigenvalue weighted by Crippen LogP contribution is -2.28. The van der Waals surface area contributed by atoms with Crippen LogP contribution in [0.25, 0.3) is 5.69 Å². The standard InChI is InChI=1S/C20H16BrN3O2/c21-14-5-7-15(8-6-14)23-9-1-2-16(23)11-22-24-19(25)17-12-3-4-13(10-12)18(17)20(24)26/h1-9,11-13,17-18H,10H2. The summed E-state index contributed by atoms with van der Waals surface area (Å²) >= 11 is 3.43. The average Bonchev–Trinajstić information content (AvgIpc) is 3.40. The first kappa shape index (κ1) is 15.8. The third kappa shape index (κ3) is 2.25. The average molecular weight is 410 g/mol. The van der Waals surface area contributed by atoms with Crippen LogP contribution in [-0.4, -0.2) is 27.6 Å². The van der Waals surface area contributed by atoms with Crippen LogP contribution in [-0.2, 0) is 9.59 Å². The first-order valence-electron chi connectivity index (χ1n) is 8.67. The lowest BCUT2D eigenvalue weighted by molar-refractivity contribution is -0.140. The second-order valence-corrected chi connectivity index (χ2v) is 7.93. The van der Waals surface area contributed by atoms with Gasteiger partial charge >= 0.3 is 0 Å². The second kappa shape index (κ2) is 5.77. The molecule has 0 radical (unpaired) electrons. The van der Waals surface area contributed by atoms with Crippen molar-refractivity contribution >= 4 is 34.0 Å². The highest BCUT2D eigenvalue weighted by Crippen LogP contribution is 2.52. The van der Waals surface area contributed by atoms with E-state index < -0.39 is 0 Å². The Morgan fingerprint density at radius 2 is 1.65 bits per heavy atom. The Balaban J connectivity index is 1.42. The van der Waals surface area contributed by atoms with E-state index in [1.807, 2.05) is 47.2 Å². The predicted molar refractivity (Wildman–Crippen MR) is 101 cm³/mol. The fraction of sp³-hybridized carbons (Fsp3) is 0.250. The number of hydrogen-bond acceptors (Lipinski definition) is 3. The monoisotopic (exact) mass is 409 g/mol. The molecule has 2 bridgehead atoms. The summed E-state index contributed by atoms with van der Waals surface area (Å²) < 4.78 is 2.97. The minimum Gasteiger partial charge on any atom is -0.316 e. The summed E-state index contributed by atoms with van der Waals surface area (Å²) in [6.07, 6.45) is 8.62. The third-order valence-electron chi connectivity index (χ3n) is 5.64. The lowest BCUT2D eigenvalue weighted by atomic mass is 9.85. The van der Waals surface area contributed by atoms with Gasteiger partial charge in [0.2, 0.25) is 0 Å². The molecule has 5 rings (SSSR count). The maximum Gasteiger partial charge on any atom is 0.254 e. The highest BCUT2D eigenvalue weighted by molar-refractivity contribution is 9.10. The molecule has 1 saturated heterocycles. The molecule has 3 aliphatic rings. The number of nitrogens with zero attached hydrogens (tertiary/aromatic N) is 3. The van der Waals surface area contributed by atoms with Crippen LogP contribution >= 0.6 is 15.9 Å². The highest BCUT2D eigenvalue weighted by Gasteiger charge is 2.59. The van der Waals surface area contributed by atoms with Gasteiger partial charge in [-0.3, -0.25) is 9.59 Å². The molecule has 2 heterocycles. The summed E-state index contributed by atoms with van der Waals surface area (Å²) in [5.74, 6) is -0.341. The van der Waals surface area contributed by atoms with Gasteiger partial charge in [0.1, 0.15) is 0 Å². The van der Waals surface area contributed by atoms with Gasteiger partial charge < -0.3 is 4.57 Å². The number of hydrazone groups is 1. The summed E-state index contributed by atoms with van der Waals surface area (Å²) in [4.78, 5) is 25.4. The third-order valence-corrected chi connectivity index (χ3v) is 6.17. The predicted octanol–water partition coefficient (Wildman–Crippen LogP) is 3.38. The molecule has 2 fully saturated rings. The fourth-order valence-electron chi connectivity index (χ4n) is 4.45. The summed E-state index contributed by atoms with van der Waals surface area (Å²) in [6.45, 7) is 0. The zero-order chi connectivity index (χ0) is 17.8. The van der Waals surface area contributed by atoms with Crippen LogP contribution in [0.3, 0.4) is 0 Å². The van der Waals surface area contributed by atoms with E-state index in [0.29, 0.717) is 0 Å². The molecule has 2 aromatic rings. The van der Waals surface area contributed by atoms with E-state index in [2.05, 4.69) is 33.2 Å². The molecule has 6 heteroatoms. The van der Waals surface area contributed by atoms with Gasteiger partial charge in [-0.05, 0) is 54.7 Å². The van der Waals surface area contributed by atoms with Crippen molar-refractivity contribution < 1.29 is 9.59 Å². The molecule has 2 aliphatic carbocycles. The van der Waals surface area contributed by atoms with E-state index in [1.54, 1.807) is 6.21 Å². The molecule has 1 aliphatic heterocycles. The van der Waals surface area contributed by atoms with Crippen LogP contribution in [0.15, 0.2) is 64.3 Å². The van der Waals surface area contributed by atoms with Gasteiger partial charge in [-0.1, -0.05) is 28.1 Å². The number of imide groups is 1. The second-order valence-electron chi connectivity index (χ2n) is 7.01. The molecule has 4 unspecified atom stereocenters. The van der Waals surface area contributed by atoms with Gasteiger partial charge in [0, 0.05) is 16.4 Å². The number of benzene rings is 1. The minimum absolute atomic E-state index is 0.158. The molecule has 2 amide bonds. The van der Waals surface area contributed by atoms with Crippen molar-refractivity contribution in [3.05, 3.63) is 64.9 Å². The van der Waals surface area contributed by atoms with E-state index in [4.69, 9.17) is 0 Å². The van der Waals surface area contributed by atoms with Crippen LogP contribution in [0.5, 0.6) is 0 Å². The Labute approximate surface area is 159 Å². The van der Waals surface area contributed by atoms with Gasteiger partial charge in [-0.2, -0.15) is 10.1 Å². The number of amides is 2. The summed E-state index contributed by atoms with van der Waals surface area (Å²) in [7, 11) is 0. The lowest BCUT2D eigenvalue weighted by Gasteiger charge is -2.13. The van der Waals surface area contributed by atoms with Crippen molar-refractivity contribution in [2.75, 3.05) is 0 Å². The van der Waals surface area contributed by atoms with Crippen molar-refractivity contribution in [3.63, 3.8) is 0 Å². The van der Waals surface area contributed by atoms with Crippen LogP contribution in [0, 0.1) is 23.7 Å². The molecule has 5 nitrogen and oxygen atoms in total. The first-order valence-corrected chi connectivity index (χ1v) is 9.46. The number of hydrogen-bond donors (Lipinski definition) is 0. The molecule has 1 aromatic heterocycles. The molecule has 4 atom stereocenters. The number of halogens is 1. The van der Waals surface area contributed by atoms with Gasteiger partial charge in [-0.25, -0.2) is 0 Å². The van der Waals surface area contributed by atoms with E-state index in [-0.39, 0.29) is 35.5 Å². The number of rotatable bonds is 3. The van der Waals surface area contributed by atoms with Gasteiger partial charge in [0.15, 0.2) is 0 Å². The van der Waals surface area contributed by atoms with Crippen LogP contribution in [0.1, 0.15) is 12.1 Å². The van der Waals surface area contributed by atoms with Crippen molar-refractivity contribution in [2.45, 2.75) is 6.42 Å². The maximum absolute atomic E-state index is 12.7. The molecule has 130 valence electrons. The summed E-state index contributed by atoms with van der Waals surface area (Å²) in [5, 5.41) is 5.35. The molecular formula is C20H16BrN3O2. The molecule has 0 N–H and O–H groups in total. The number of aromatic nitrogens is 1. The number of allylic oxidation sites excluding steroid dienone is 2. The van der Waals surface area contributed by atoms with Crippen molar-refractivity contribution in [3.8, 4) is 5.69 Å². The zero-order valence-electron chi connectivity index (χ0n) is 13.8. The summed E-state index contributed by atoms with van der Waals surface area (Å²) in [6, 6.07) is 11.7. The van der Waals surface area contributed by atoms with E-state index in [1.165, 1.54) is 0 Å². The number of carbonyl (C=O) groups is 2. The Bertz CT molecular complexity index is 930. The van der Waals surface area contributed by atoms with E-state index in [9.17, 15) is 9.59 Å². The van der Waals surface area contributed by atoms with Crippen molar-refractivity contribution in [1.29, 1.82) is 0 Å². The molecule has 0 spiro atoms. The number of fused-ring (bicyclic) bond motifs is 5. The number of carbonyl (C=O) groups excluding carboxylic acids is 2. The molecule has 1 aromatic carbocycles. The minimum atomic E-state index is -0.215. The maximum atomic E-state index is 12.7. The molecular weight excluding hydrogens is 394 g/mol. The van der Waals surface area contributed by atoms with Gasteiger partial charge in [0.25, 0.3) is 11.8 Å².